The van der Waals surface area contributed by atoms with Crippen LogP contribution in [0.15, 0.2) is 59.2 Å². The zero-order valence-corrected chi connectivity index (χ0v) is 13.7. The first-order valence-electron chi connectivity index (χ1n) is 7.28. The van der Waals surface area contributed by atoms with Crippen molar-refractivity contribution in [2.75, 3.05) is 6.54 Å². The summed E-state index contributed by atoms with van der Waals surface area (Å²) in [4.78, 5) is 3.33. The number of para-hydroxylation sites is 1. The summed E-state index contributed by atoms with van der Waals surface area (Å²) < 4.78 is 1.13. The van der Waals surface area contributed by atoms with Crippen LogP contribution >= 0.6 is 15.9 Å². The topological polar surface area (TPSA) is 27.8 Å². The number of aromatic amines is 1. The zero-order chi connectivity index (χ0) is 14.7. The van der Waals surface area contributed by atoms with Crippen LogP contribution in [0.2, 0.25) is 0 Å². The zero-order valence-electron chi connectivity index (χ0n) is 12.1. The maximum absolute atomic E-state index is 3.59. The second kappa shape index (κ2) is 6.46. The third-order valence-electron chi connectivity index (χ3n) is 3.87. The summed E-state index contributed by atoms with van der Waals surface area (Å²) in [6, 6.07) is 17.3. The van der Waals surface area contributed by atoms with Crippen LogP contribution < -0.4 is 5.32 Å². The van der Waals surface area contributed by atoms with Crippen LogP contribution in [0.3, 0.4) is 0 Å². The first kappa shape index (κ1) is 14.4. The minimum absolute atomic E-state index is 0.354. The summed E-state index contributed by atoms with van der Waals surface area (Å²) >= 11 is 3.53. The summed E-state index contributed by atoms with van der Waals surface area (Å²) in [6.07, 6.45) is 3.15. The molecule has 0 saturated heterocycles. The lowest BCUT2D eigenvalue weighted by Gasteiger charge is -2.14. The molecule has 1 aromatic heterocycles. The largest absolute Gasteiger partial charge is 0.361 e. The van der Waals surface area contributed by atoms with Gasteiger partial charge >= 0.3 is 0 Å². The van der Waals surface area contributed by atoms with Gasteiger partial charge in [0, 0.05) is 27.6 Å². The van der Waals surface area contributed by atoms with Crippen LogP contribution in [0.5, 0.6) is 0 Å². The normalized spacial score (nSPS) is 12.7. The predicted molar refractivity (Wildman–Crippen MR) is 92.6 cm³/mol. The Bertz CT molecular complexity index is 733. The second-order valence-corrected chi connectivity index (χ2v) is 6.26. The van der Waals surface area contributed by atoms with Crippen molar-refractivity contribution >= 4 is 26.8 Å². The van der Waals surface area contributed by atoms with Crippen molar-refractivity contribution in [3.8, 4) is 0 Å². The van der Waals surface area contributed by atoms with Gasteiger partial charge in [-0.25, -0.2) is 0 Å². The van der Waals surface area contributed by atoms with Crippen LogP contribution in [-0.2, 0) is 6.42 Å². The Kier molecular flexibility index (Phi) is 4.42. The standard InChI is InChI=1S/C18H19BrN2/c1-13(14-5-4-6-16(19)11-14)20-10-9-15-12-21-18-8-3-2-7-17(15)18/h2-8,11-13,20-21H,9-10H2,1H3. The van der Waals surface area contributed by atoms with Gasteiger partial charge in [-0.15, -0.1) is 0 Å². The highest BCUT2D eigenvalue weighted by Crippen LogP contribution is 2.19. The van der Waals surface area contributed by atoms with Gasteiger partial charge in [-0.1, -0.05) is 46.3 Å². The molecule has 1 unspecified atom stereocenters. The van der Waals surface area contributed by atoms with Crippen LogP contribution in [-0.4, -0.2) is 11.5 Å². The quantitative estimate of drug-likeness (QED) is 0.683. The van der Waals surface area contributed by atoms with Gasteiger partial charge in [-0.3, -0.25) is 0 Å². The Morgan fingerprint density at radius 1 is 1.14 bits per heavy atom. The number of hydrogen-bond donors (Lipinski definition) is 2. The molecule has 0 spiro atoms. The Balaban J connectivity index is 1.61. The highest BCUT2D eigenvalue weighted by Gasteiger charge is 2.06. The molecule has 2 aromatic carbocycles. The molecule has 108 valence electrons. The van der Waals surface area contributed by atoms with E-state index in [0.717, 1.165) is 17.4 Å². The number of H-pyrrole nitrogens is 1. The molecule has 3 rings (SSSR count). The number of benzene rings is 2. The number of halogens is 1. The number of hydrogen-bond acceptors (Lipinski definition) is 1. The van der Waals surface area contributed by atoms with Crippen molar-refractivity contribution in [3.05, 3.63) is 70.3 Å². The maximum Gasteiger partial charge on any atom is 0.0456 e. The molecule has 1 atom stereocenters. The molecule has 3 heteroatoms. The molecule has 21 heavy (non-hydrogen) atoms. The Morgan fingerprint density at radius 3 is 2.86 bits per heavy atom. The third kappa shape index (κ3) is 3.36. The number of fused-ring (bicyclic) bond motifs is 1. The molecule has 0 aliphatic heterocycles. The molecular weight excluding hydrogens is 324 g/mol. The summed E-state index contributed by atoms with van der Waals surface area (Å²) in [6.45, 7) is 3.17. The molecule has 1 heterocycles. The van der Waals surface area contributed by atoms with Crippen LogP contribution in [0, 0.1) is 0 Å². The molecule has 0 bridgehead atoms. The van der Waals surface area contributed by atoms with E-state index in [1.54, 1.807) is 0 Å². The van der Waals surface area contributed by atoms with Gasteiger partial charge in [-0.2, -0.15) is 0 Å². The van der Waals surface area contributed by atoms with Crippen molar-refractivity contribution in [2.24, 2.45) is 0 Å². The highest BCUT2D eigenvalue weighted by atomic mass is 79.9. The van der Waals surface area contributed by atoms with E-state index in [-0.39, 0.29) is 0 Å². The smallest absolute Gasteiger partial charge is 0.0456 e. The van der Waals surface area contributed by atoms with Gasteiger partial charge < -0.3 is 10.3 Å². The fourth-order valence-corrected chi connectivity index (χ4v) is 3.07. The molecule has 3 aromatic rings. The predicted octanol–water partition coefficient (Wildman–Crippen LogP) is 4.82. The Labute approximate surface area is 133 Å². The van der Waals surface area contributed by atoms with E-state index in [2.05, 4.69) is 87.9 Å². The SMILES string of the molecule is CC(NCCc1c[nH]c2ccccc12)c1cccc(Br)c1. The van der Waals surface area contributed by atoms with Crippen LogP contribution in [0.4, 0.5) is 0 Å². The lowest BCUT2D eigenvalue weighted by atomic mass is 10.1. The highest BCUT2D eigenvalue weighted by molar-refractivity contribution is 9.10. The van der Waals surface area contributed by atoms with E-state index in [9.17, 15) is 0 Å². The average Bonchev–Trinajstić information content (AvgIpc) is 2.91. The number of rotatable bonds is 5. The van der Waals surface area contributed by atoms with Gasteiger partial charge in [0.1, 0.15) is 0 Å². The van der Waals surface area contributed by atoms with Crippen molar-refractivity contribution in [2.45, 2.75) is 19.4 Å². The third-order valence-corrected chi connectivity index (χ3v) is 4.36. The second-order valence-electron chi connectivity index (χ2n) is 5.34. The van der Waals surface area contributed by atoms with Crippen molar-refractivity contribution in [1.82, 2.24) is 10.3 Å². The molecular formula is C18H19BrN2. The van der Waals surface area contributed by atoms with Gasteiger partial charge in [0.05, 0.1) is 0 Å². The van der Waals surface area contributed by atoms with E-state index >= 15 is 0 Å². The first-order chi connectivity index (χ1) is 10.2. The minimum Gasteiger partial charge on any atom is -0.361 e. The molecule has 0 radical (unpaired) electrons. The molecule has 0 aliphatic carbocycles. The summed E-state index contributed by atoms with van der Waals surface area (Å²) in [5.41, 5.74) is 3.90. The van der Waals surface area contributed by atoms with Crippen molar-refractivity contribution < 1.29 is 0 Å². The maximum atomic E-state index is 3.59. The lowest BCUT2D eigenvalue weighted by Crippen LogP contribution is -2.21. The van der Waals surface area contributed by atoms with E-state index in [1.807, 2.05) is 0 Å². The molecule has 2 N–H and O–H groups in total. The minimum atomic E-state index is 0.354. The lowest BCUT2D eigenvalue weighted by molar-refractivity contribution is 0.577. The molecule has 2 nitrogen and oxygen atoms in total. The fourth-order valence-electron chi connectivity index (χ4n) is 2.66. The Morgan fingerprint density at radius 2 is 2.00 bits per heavy atom. The van der Waals surface area contributed by atoms with Crippen LogP contribution in [0.25, 0.3) is 10.9 Å². The van der Waals surface area contributed by atoms with Gasteiger partial charge in [-0.05, 0) is 49.2 Å². The molecule has 0 fully saturated rings. The van der Waals surface area contributed by atoms with E-state index in [1.165, 1.54) is 22.0 Å². The number of aromatic nitrogens is 1. The fraction of sp³-hybridized carbons (Fsp3) is 0.222. The van der Waals surface area contributed by atoms with Gasteiger partial charge in [0.2, 0.25) is 0 Å². The molecule has 0 saturated carbocycles. The van der Waals surface area contributed by atoms with Crippen molar-refractivity contribution in [1.29, 1.82) is 0 Å². The van der Waals surface area contributed by atoms with E-state index in [4.69, 9.17) is 0 Å². The molecule has 0 amide bonds. The summed E-state index contributed by atoms with van der Waals surface area (Å²) in [5, 5.41) is 4.92. The Hall–Kier alpha value is -1.58. The van der Waals surface area contributed by atoms with Crippen molar-refractivity contribution in [3.63, 3.8) is 0 Å². The monoisotopic (exact) mass is 342 g/mol. The number of nitrogens with one attached hydrogen (secondary N) is 2. The van der Waals surface area contributed by atoms with Gasteiger partial charge in [0.25, 0.3) is 0 Å². The summed E-state index contributed by atoms with van der Waals surface area (Å²) in [7, 11) is 0. The van der Waals surface area contributed by atoms with Gasteiger partial charge in [0.15, 0.2) is 0 Å². The first-order valence-corrected chi connectivity index (χ1v) is 8.07. The molecule has 0 aliphatic rings. The average molecular weight is 343 g/mol. The summed E-state index contributed by atoms with van der Waals surface area (Å²) in [5.74, 6) is 0. The van der Waals surface area contributed by atoms with E-state index < -0.39 is 0 Å². The van der Waals surface area contributed by atoms with Crippen LogP contribution in [0.1, 0.15) is 24.1 Å². The van der Waals surface area contributed by atoms with E-state index in [0.29, 0.717) is 6.04 Å².